The number of anilines is 1. The molecule has 2 aromatic carbocycles. The maximum absolute atomic E-state index is 13.7. The predicted octanol–water partition coefficient (Wildman–Crippen LogP) is 6.82. The Hall–Kier alpha value is -5.79. The van der Waals surface area contributed by atoms with Crippen LogP contribution in [0.5, 0.6) is 0 Å². The van der Waals surface area contributed by atoms with Crippen molar-refractivity contribution in [3.63, 3.8) is 0 Å². The Balaban J connectivity index is 1.06. The lowest BCUT2D eigenvalue weighted by atomic mass is 9.91. The lowest BCUT2D eigenvalue weighted by molar-refractivity contribution is -0.120. The first-order valence-electron chi connectivity index (χ1n) is 20.6. The molecule has 6 heterocycles. The number of amides is 3. The first kappa shape index (κ1) is 41.0. The molecule has 1 unspecified atom stereocenters. The minimum atomic E-state index is -0.682. The van der Waals surface area contributed by atoms with Gasteiger partial charge in [0.05, 0.1) is 16.8 Å². The third-order valence-electron chi connectivity index (χ3n) is 11.7. The zero-order valence-electron chi connectivity index (χ0n) is 34.7. The molecule has 60 heavy (non-hydrogen) atoms. The van der Waals surface area contributed by atoms with Crippen LogP contribution in [0.15, 0.2) is 77.9 Å². The van der Waals surface area contributed by atoms with E-state index in [-0.39, 0.29) is 35.5 Å². The number of aromatic nitrogens is 3. The predicted molar refractivity (Wildman–Crippen MR) is 233 cm³/mol. The Morgan fingerprint density at radius 3 is 2.35 bits per heavy atom. The zero-order valence-corrected chi connectivity index (χ0v) is 35.4. The summed E-state index contributed by atoms with van der Waals surface area (Å²) in [7, 11) is 2.00. The monoisotopic (exact) mass is 830 g/mol. The van der Waals surface area contributed by atoms with Crippen LogP contribution < -0.4 is 26.4 Å². The molecule has 3 amide bonds. The zero-order chi connectivity index (χ0) is 42.3. The van der Waals surface area contributed by atoms with E-state index in [1.807, 2.05) is 76.3 Å². The van der Waals surface area contributed by atoms with Gasteiger partial charge in [0.2, 0.25) is 11.8 Å². The number of nitrogens with one attached hydrogen (secondary N) is 3. The molecule has 0 spiro atoms. The third-order valence-corrected chi connectivity index (χ3v) is 12.1. The Morgan fingerprint density at radius 2 is 1.63 bits per heavy atom. The van der Waals surface area contributed by atoms with Crippen LogP contribution in [0, 0.1) is 6.92 Å². The van der Waals surface area contributed by atoms with E-state index >= 15 is 0 Å². The summed E-state index contributed by atoms with van der Waals surface area (Å²) in [6.45, 7) is 9.61. The topological polar surface area (TPSA) is 150 Å². The minimum absolute atomic E-state index is 0.00279. The quantitative estimate of drug-likeness (QED) is 0.138. The van der Waals surface area contributed by atoms with Gasteiger partial charge in [0.1, 0.15) is 17.1 Å². The summed E-state index contributed by atoms with van der Waals surface area (Å²) in [6, 6.07) is 19.6. The van der Waals surface area contributed by atoms with Gasteiger partial charge in [-0.2, -0.15) is 0 Å². The fraction of sp³-hybridized carbons (Fsp3) is 0.391. The molecule has 5 aromatic rings. The fourth-order valence-corrected chi connectivity index (χ4v) is 8.89. The molecule has 3 aromatic heterocycles. The molecule has 8 rings (SSSR count). The highest BCUT2D eigenvalue weighted by Gasteiger charge is 2.37. The summed E-state index contributed by atoms with van der Waals surface area (Å²) in [5.74, 6) is 0.824. The highest BCUT2D eigenvalue weighted by Crippen LogP contribution is 2.42. The van der Waals surface area contributed by atoms with E-state index in [1.54, 1.807) is 21.7 Å². The van der Waals surface area contributed by atoms with Crippen molar-refractivity contribution in [1.82, 2.24) is 35.2 Å². The molecule has 3 atom stereocenters. The van der Waals surface area contributed by atoms with E-state index < -0.39 is 11.7 Å². The van der Waals surface area contributed by atoms with Gasteiger partial charge in [-0.15, -0.1) is 0 Å². The Bertz CT molecular complexity index is 2550. The molecular formula is C46H51ClN8O5. The van der Waals surface area contributed by atoms with Gasteiger partial charge in [0.25, 0.3) is 5.56 Å². The number of hydrogen-bond acceptors (Lipinski definition) is 9. The van der Waals surface area contributed by atoms with Gasteiger partial charge in [-0.25, -0.2) is 14.8 Å². The van der Waals surface area contributed by atoms with Crippen LogP contribution in [0.25, 0.3) is 39.2 Å². The summed E-state index contributed by atoms with van der Waals surface area (Å²) in [4.78, 5) is 64.4. The average molecular weight is 831 g/mol. The molecule has 2 fully saturated rings. The van der Waals surface area contributed by atoms with Crippen LogP contribution in [0.2, 0.25) is 5.02 Å². The Morgan fingerprint density at radius 1 is 0.933 bits per heavy atom. The summed E-state index contributed by atoms with van der Waals surface area (Å²) in [5, 5.41) is 9.80. The van der Waals surface area contributed by atoms with Crippen molar-refractivity contribution in [3.8, 4) is 33.5 Å². The number of ether oxygens (including phenoxy) is 1. The first-order chi connectivity index (χ1) is 28.7. The number of hydrogen-bond donors (Lipinski definition) is 3. The van der Waals surface area contributed by atoms with E-state index in [1.165, 1.54) is 0 Å². The molecule has 3 aliphatic heterocycles. The normalized spacial score (nSPS) is 19.0. The average Bonchev–Trinajstić information content (AvgIpc) is 3.84. The lowest BCUT2D eigenvalue weighted by Gasteiger charge is -2.40. The van der Waals surface area contributed by atoms with Crippen LogP contribution in [0.4, 0.5) is 10.6 Å². The lowest BCUT2D eigenvalue weighted by Crippen LogP contribution is -2.47. The maximum atomic E-state index is 13.7. The van der Waals surface area contributed by atoms with Crippen molar-refractivity contribution in [2.75, 3.05) is 31.6 Å². The van der Waals surface area contributed by atoms with Crippen molar-refractivity contribution in [3.05, 3.63) is 105 Å². The largest absolute Gasteiger partial charge is 0.444 e. The smallest absolute Gasteiger partial charge is 0.410 e. The highest BCUT2D eigenvalue weighted by atomic mass is 35.5. The number of carbonyl (C=O) groups excluding carboxylic acids is 3. The summed E-state index contributed by atoms with van der Waals surface area (Å²) >= 11 is 7.32. The second-order valence-electron chi connectivity index (χ2n) is 17.1. The number of nitrogens with zero attached hydrogens (tertiary/aromatic N) is 5. The van der Waals surface area contributed by atoms with Gasteiger partial charge < -0.3 is 25.6 Å². The van der Waals surface area contributed by atoms with Gasteiger partial charge in [0, 0.05) is 92.8 Å². The van der Waals surface area contributed by atoms with Crippen LogP contribution in [0.3, 0.4) is 0 Å². The van der Waals surface area contributed by atoms with Crippen molar-refractivity contribution >= 4 is 41.0 Å². The number of halogens is 1. The molecule has 312 valence electrons. The van der Waals surface area contributed by atoms with E-state index in [0.29, 0.717) is 73.8 Å². The summed E-state index contributed by atoms with van der Waals surface area (Å²) < 4.78 is 7.45. The van der Waals surface area contributed by atoms with Crippen molar-refractivity contribution < 1.29 is 19.1 Å². The number of pyridine rings is 2. The van der Waals surface area contributed by atoms with E-state index in [0.717, 1.165) is 51.2 Å². The number of benzene rings is 2. The van der Waals surface area contributed by atoms with Gasteiger partial charge in [-0.1, -0.05) is 54.1 Å². The maximum Gasteiger partial charge on any atom is 0.410 e. The standard InChI is InChI=1S/C46H51ClN8O5/c1-27-32(28-18-21-54-39(22-28)49-24-29(44(54)58)23-48-25-30-12-16-40(56)50-30)8-6-9-33(27)34-10-7-11-35(42(34)47)37-15-14-36-38(19-20-53(5)43(36)52-37)55(45(59)60-46(2,3)4)26-31-13-17-41(57)51-31/h6-11,14-15,18,21-22,24,30-31,38,48H,12-13,16-17,19-20,23,25-26H2,1-5H3,(H,50,56)(H,51,57)/t30-,31-,38?/m0/s1. The molecule has 3 aliphatic rings. The van der Waals surface area contributed by atoms with Gasteiger partial charge in [-0.05, 0) is 87.4 Å². The number of rotatable bonds is 10. The molecule has 0 radical (unpaired) electrons. The minimum Gasteiger partial charge on any atom is -0.444 e. The number of fused-ring (bicyclic) bond motifs is 2. The highest BCUT2D eigenvalue weighted by molar-refractivity contribution is 6.36. The van der Waals surface area contributed by atoms with Crippen molar-refractivity contribution in [2.45, 2.75) is 90.1 Å². The Kier molecular flexibility index (Phi) is 11.4. The van der Waals surface area contributed by atoms with E-state index in [9.17, 15) is 19.2 Å². The van der Waals surface area contributed by atoms with Gasteiger partial charge in [0.15, 0.2) is 0 Å². The molecule has 0 bridgehead atoms. The van der Waals surface area contributed by atoms with Crippen LogP contribution in [0.1, 0.15) is 75.6 Å². The van der Waals surface area contributed by atoms with Gasteiger partial charge in [-0.3, -0.25) is 23.7 Å². The SMILES string of the molecule is Cc1c(-c2ccn3c(=O)c(CNC[C@@H]4CCC(=O)N4)cnc3c2)cccc1-c1cccc(-c2ccc3c(n2)N(C)CCC3N(C[C@@H]2CCC(=O)N2)C(=O)OC(C)(C)C)c1Cl. The molecule has 13 nitrogen and oxygen atoms in total. The molecule has 2 saturated heterocycles. The molecule has 14 heteroatoms. The molecule has 3 N–H and O–H groups in total. The third kappa shape index (κ3) is 8.46. The molecule has 0 aliphatic carbocycles. The van der Waals surface area contributed by atoms with E-state index in [2.05, 4.69) is 44.9 Å². The second kappa shape index (κ2) is 16.7. The molecular weight excluding hydrogens is 780 g/mol. The number of carbonyl (C=O) groups is 3. The van der Waals surface area contributed by atoms with Crippen LogP contribution in [-0.4, -0.2) is 81.5 Å². The van der Waals surface area contributed by atoms with Crippen LogP contribution in [-0.2, 0) is 20.9 Å². The van der Waals surface area contributed by atoms with E-state index in [4.69, 9.17) is 21.3 Å². The van der Waals surface area contributed by atoms with Crippen LogP contribution >= 0.6 is 11.6 Å². The van der Waals surface area contributed by atoms with Crippen molar-refractivity contribution in [1.29, 1.82) is 0 Å². The Labute approximate surface area is 354 Å². The van der Waals surface area contributed by atoms with Gasteiger partial charge >= 0.3 is 6.09 Å². The molecule has 0 saturated carbocycles. The van der Waals surface area contributed by atoms with Crippen molar-refractivity contribution in [2.24, 2.45) is 0 Å². The first-order valence-corrected chi connectivity index (χ1v) is 21.0. The summed E-state index contributed by atoms with van der Waals surface area (Å²) in [5.41, 5.74) is 7.42. The fourth-order valence-electron chi connectivity index (χ4n) is 8.57. The second-order valence-corrected chi connectivity index (χ2v) is 17.5. The summed E-state index contributed by atoms with van der Waals surface area (Å²) in [6.07, 6.45) is 6.09.